The molecule has 0 amide bonds. The Hall–Kier alpha value is -2.75. The normalized spacial score (nSPS) is 28.3. The molecule has 7 rings (SSSR count). The van der Waals surface area contributed by atoms with Gasteiger partial charge in [0, 0.05) is 29.5 Å². The lowest BCUT2D eigenvalue weighted by Gasteiger charge is -2.53. The molecule has 0 N–H and O–H groups in total. The zero-order valence-corrected chi connectivity index (χ0v) is 22.1. The van der Waals surface area contributed by atoms with E-state index in [1.807, 2.05) is 42.6 Å². The van der Waals surface area contributed by atoms with Crippen LogP contribution in [0, 0.1) is 5.92 Å². The van der Waals surface area contributed by atoms with E-state index in [0.29, 0.717) is 28.3 Å². The van der Waals surface area contributed by atoms with Crippen LogP contribution in [0.1, 0.15) is 43.9 Å². The van der Waals surface area contributed by atoms with Crippen molar-refractivity contribution in [1.29, 1.82) is 0 Å². The Kier molecular flexibility index (Phi) is 6.54. The summed E-state index contributed by atoms with van der Waals surface area (Å²) in [6, 6.07) is 11.5. The van der Waals surface area contributed by atoms with Gasteiger partial charge in [-0.25, -0.2) is 9.79 Å². The molecular formula is C28H34N4O4S. The van der Waals surface area contributed by atoms with Gasteiger partial charge in [-0.2, -0.15) is 0 Å². The quantitative estimate of drug-likeness (QED) is 0.203. The number of quaternary nitrogens is 1. The van der Waals surface area contributed by atoms with E-state index in [2.05, 4.69) is 21.1 Å². The van der Waals surface area contributed by atoms with Crippen LogP contribution < -0.4 is 5.11 Å². The van der Waals surface area contributed by atoms with Gasteiger partial charge in [-0.1, -0.05) is 29.8 Å². The second-order valence-electron chi connectivity index (χ2n) is 11.0. The number of ether oxygens (including phenoxy) is 1. The van der Waals surface area contributed by atoms with E-state index < -0.39 is 5.54 Å². The number of likely N-dealkylation sites (tertiary alicyclic amines) is 1. The minimum Gasteiger partial charge on any atom is -0.858 e. The summed E-state index contributed by atoms with van der Waals surface area (Å²) in [6.07, 6.45) is 5.15. The second-order valence-corrected chi connectivity index (χ2v) is 12.0. The van der Waals surface area contributed by atoms with Crippen LogP contribution in [-0.4, -0.2) is 71.8 Å². The number of carbonyl (C=O) groups excluding carboxylic acids is 1. The number of rotatable bonds is 7. The van der Waals surface area contributed by atoms with Crippen LogP contribution in [0.25, 0.3) is 11.0 Å². The van der Waals surface area contributed by atoms with E-state index in [1.54, 1.807) is 11.3 Å². The van der Waals surface area contributed by atoms with Crippen molar-refractivity contribution in [3.63, 3.8) is 0 Å². The largest absolute Gasteiger partial charge is 0.858 e. The van der Waals surface area contributed by atoms with Gasteiger partial charge in [0.15, 0.2) is 17.2 Å². The fraction of sp³-hybridized carbons (Fsp3) is 0.536. The van der Waals surface area contributed by atoms with Crippen molar-refractivity contribution < 1.29 is 23.6 Å². The van der Waals surface area contributed by atoms with Crippen molar-refractivity contribution in [3.05, 3.63) is 46.7 Å². The van der Waals surface area contributed by atoms with Gasteiger partial charge in [-0.3, -0.25) is 4.90 Å². The third-order valence-corrected chi connectivity index (χ3v) is 9.83. The van der Waals surface area contributed by atoms with Gasteiger partial charge in [0.1, 0.15) is 13.1 Å². The number of nitrogens with zero attached hydrogens (tertiary/aromatic N) is 4. The highest BCUT2D eigenvalue weighted by Crippen LogP contribution is 2.40. The van der Waals surface area contributed by atoms with Gasteiger partial charge in [-0.15, -0.1) is 11.3 Å². The number of benzene rings is 1. The van der Waals surface area contributed by atoms with Crippen molar-refractivity contribution in [2.24, 2.45) is 10.9 Å². The van der Waals surface area contributed by atoms with E-state index in [-0.39, 0.29) is 24.5 Å². The minimum absolute atomic E-state index is 0.154. The summed E-state index contributed by atoms with van der Waals surface area (Å²) in [5.41, 5.74) is -0.153. The molecule has 1 aromatic carbocycles. The highest BCUT2D eigenvalue weighted by molar-refractivity contribution is 7.10. The average molecular weight is 523 g/mol. The molecule has 3 aromatic rings. The Morgan fingerprint density at radius 3 is 2.76 bits per heavy atom. The monoisotopic (exact) mass is 522 g/mol. The van der Waals surface area contributed by atoms with Gasteiger partial charge >= 0.3 is 5.97 Å². The van der Waals surface area contributed by atoms with Crippen molar-refractivity contribution in [2.75, 3.05) is 39.3 Å². The lowest BCUT2D eigenvalue weighted by atomic mass is 9.83. The number of hydrogen-bond donors (Lipinski definition) is 0. The summed E-state index contributed by atoms with van der Waals surface area (Å²) in [5.74, 6) is 0.325. The summed E-state index contributed by atoms with van der Waals surface area (Å²) < 4.78 is 12.3. The number of piperidine rings is 4. The van der Waals surface area contributed by atoms with Crippen LogP contribution in [0.15, 0.2) is 51.3 Å². The standard InChI is InChI=1S/C28H34N4O4S/c1-28(24-10-7-17-37-24,31-13-5-2-6-14-31)27(34)35-23-18-32(15-11-20(23)12-16-32)19-25(33)29-26-21-8-3-4-9-22(21)36-30-26/h3-4,7-10,17,20,23H,2,5-6,11-16,18-19H2,1H3/t20?,23-,28?,32?/m1/s1. The summed E-state index contributed by atoms with van der Waals surface area (Å²) in [4.78, 5) is 21.5. The van der Waals surface area contributed by atoms with Crippen LogP contribution in [0.5, 0.6) is 0 Å². The topological polar surface area (TPSA) is 91.0 Å². The molecule has 6 heterocycles. The number of fused-ring (bicyclic) bond motifs is 4. The predicted molar refractivity (Wildman–Crippen MR) is 141 cm³/mol. The Bertz CT molecular complexity index is 1270. The van der Waals surface area contributed by atoms with Gasteiger partial charge < -0.3 is 18.8 Å². The summed E-state index contributed by atoms with van der Waals surface area (Å²) in [6.45, 7) is 6.62. The van der Waals surface area contributed by atoms with Crippen molar-refractivity contribution in [3.8, 4) is 0 Å². The van der Waals surface area contributed by atoms with Crippen LogP contribution in [0.4, 0.5) is 5.82 Å². The smallest absolute Gasteiger partial charge is 0.332 e. The molecule has 37 heavy (non-hydrogen) atoms. The molecule has 8 nitrogen and oxygen atoms in total. The maximum absolute atomic E-state index is 13.9. The predicted octanol–water partition coefficient (Wildman–Crippen LogP) is 3.83. The number of hydrogen-bond acceptors (Lipinski definition) is 8. The zero-order chi connectivity index (χ0) is 25.5. The van der Waals surface area contributed by atoms with E-state index in [1.165, 1.54) is 6.42 Å². The Balaban J connectivity index is 1.19. The number of aromatic nitrogens is 1. The molecule has 4 aliphatic heterocycles. The fourth-order valence-corrected chi connectivity index (χ4v) is 7.41. The summed E-state index contributed by atoms with van der Waals surface area (Å²) >= 11 is 1.62. The van der Waals surface area contributed by atoms with Crippen LogP contribution in [0.2, 0.25) is 0 Å². The number of aliphatic imine (C=N–C) groups is 1. The van der Waals surface area contributed by atoms with Crippen LogP contribution >= 0.6 is 11.3 Å². The van der Waals surface area contributed by atoms with E-state index in [0.717, 1.165) is 62.1 Å². The fourth-order valence-electron chi connectivity index (χ4n) is 6.50. The number of esters is 1. The number of carbonyl (C=O) groups is 1. The first-order valence-corrected chi connectivity index (χ1v) is 14.3. The molecule has 0 spiro atoms. The highest BCUT2D eigenvalue weighted by atomic mass is 32.1. The summed E-state index contributed by atoms with van der Waals surface area (Å²) in [5, 5.41) is 19.8. The number of para-hydroxylation sites is 1. The van der Waals surface area contributed by atoms with Crippen LogP contribution in [-0.2, 0) is 15.1 Å². The van der Waals surface area contributed by atoms with Gasteiger partial charge in [0.05, 0.1) is 18.5 Å². The summed E-state index contributed by atoms with van der Waals surface area (Å²) in [7, 11) is 0. The molecule has 196 valence electrons. The Labute approximate surface area is 221 Å². The molecule has 2 aromatic heterocycles. The SMILES string of the molecule is CC(C(=O)O[C@@H]1C[N+]2(CC([O-])=Nc3noc4ccccc34)CCC1CC2)(c1cccs1)N1CCCCC1. The highest BCUT2D eigenvalue weighted by Gasteiger charge is 2.51. The third-order valence-electron chi connectivity index (χ3n) is 8.75. The average Bonchev–Trinajstić information content (AvgIpc) is 3.60. The molecule has 4 aliphatic rings. The van der Waals surface area contributed by atoms with Gasteiger partial charge in [0.25, 0.3) is 0 Å². The maximum atomic E-state index is 13.9. The van der Waals surface area contributed by atoms with E-state index >= 15 is 0 Å². The molecule has 4 fully saturated rings. The zero-order valence-electron chi connectivity index (χ0n) is 21.3. The molecule has 4 saturated heterocycles. The first-order chi connectivity index (χ1) is 18.0. The minimum atomic E-state index is -0.773. The van der Waals surface area contributed by atoms with Crippen molar-refractivity contribution in [1.82, 2.24) is 10.1 Å². The first-order valence-electron chi connectivity index (χ1n) is 13.4. The van der Waals surface area contributed by atoms with Crippen molar-refractivity contribution >= 4 is 40.0 Å². The molecule has 0 radical (unpaired) electrons. The lowest BCUT2D eigenvalue weighted by Crippen LogP contribution is -2.67. The first kappa shape index (κ1) is 24.6. The molecule has 1 unspecified atom stereocenters. The molecule has 2 atom stereocenters. The third kappa shape index (κ3) is 4.57. The molecule has 0 aliphatic carbocycles. The van der Waals surface area contributed by atoms with Gasteiger partial charge in [-0.05, 0) is 56.4 Å². The number of thiophene rings is 1. The Morgan fingerprint density at radius 2 is 2.00 bits per heavy atom. The van der Waals surface area contributed by atoms with E-state index in [9.17, 15) is 9.90 Å². The molecule has 2 bridgehead atoms. The second kappa shape index (κ2) is 9.85. The maximum Gasteiger partial charge on any atom is 0.332 e. The van der Waals surface area contributed by atoms with Crippen LogP contribution in [0.3, 0.4) is 0 Å². The van der Waals surface area contributed by atoms with E-state index in [4.69, 9.17) is 9.26 Å². The lowest BCUT2D eigenvalue weighted by molar-refractivity contribution is -0.940. The Morgan fingerprint density at radius 1 is 1.22 bits per heavy atom. The van der Waals surface area contributed by atoms with Crippen molar-refractivity contribution in [2.45, 2.75) is 50.7 Å². The molecule has 9 heteroatoms. The van der Waals surface area contributed by atoms with Gasteiger partial charge in [0.2, 0.25) is 5.82 Å². The molecular weight excluding hydrogens is 488 g/mol. The molecule has 0 saturated carbocycles.